The summed E-state index contributed by atoms with van der Waals surface area (Å²) >= 11 is 0. The molecule has 280 valence electrons. The lowest BCUT2D eigenvalue weighted by atomic mass is 9.89. The van der Waals surface area contributed by atoms with E-state index in [0.717, 1.165) is 58.6 Å². The number of ether oxygens (including phenoxy) is 3. The average molecular weight is 720 g/mol. The minimum absolute atomic E-state index is 0.00650. The van der Waals surface area contributed by atoms with E-state index in [4.69, 9.17) is 14.2 Å². The second kappa shape index (κ2) is 19.0. The molecule has 0 saturated carbocycles. The number of hydrogen-bond donors (Lipinski definition) is 3. The summed E-state index contributed by atoms with van der Waals surface area (Å²) in [7, 11) is 1.32. The number of nitrogens with zero attached hydrogens (tertiary/aromatic N) is 1. The van der Waals surface area contributed by atoms with E-state index < -0.39 is 24.3 Å². The molecule has 5 atom stereocenters. The summed E-state index contributed by atoms with van der Waals surface area (Å²) < 4.78 is 18.6. The van der Waals surface area contributed by atoms with Crippen LogP contribution in [-0.4, -0.2) is 60.9 Å². The second-order valence-corrected chi connectivity index (χ2v) is 14.3. The van der Waals surface area contributed by atoms with Crippen molar-refractivity contribution in [3.8, 4) is 11.1 Å². The van der Waals surface area contributed by atoms with Crippen LogP contribution in [0.2, 0.25) is 0 Å². The molecule has 2 fully saturated rings. The summed E-state index contributed by atoms with van der Waals surface area (Å²) in [6, 6.07) is 32.7. The Labute approximate surface area is 313 Å². The predicted octanol–water partition coefficient (Wildman–Crippen LogP) is 7.49. The normalized spacial score (nSPS) is 21.5. The Hall–Kier alpha value is -4.54. The van der Waals surface area contributed by atoms with Crippen LogP contribution in [0.3, 0.4) is 0 Å². The molecule has 0 bridgehead atoms. The molecular weight excluding hydrogens is 666 g/mol. The molecule has 2 heterocycles. The van der Waals surface area contributed by atoms with Crippen molar-refractivity contribution in [1.29, 1.82) is 0 Å². The number of nitrogens with one attached hydrogen (secondary N) is 2. The maximum atomic E-state index is 12.9. The Balaban J connectivity index is 1.16. The number of aliphatic hydroxyl groups is 1. The van der Waals surface area contributed by atoms with Crippen LogP contribution in [0.25, 0.3) is 11.1 Å². The van der Waals surface area contributed by atoms with Gasteiger partial charge in [0.1, 0.15) is 6.04 Å². The number of amides is 2. The Bertz CT molecular complexity index is 1760. The van der Waals surface area contributed by atoms with E-state index in [1.165, 1.54) is 39.2 Å². The summed E-state index contributed by atoms with van der Waals surface area (Å²) in [6.07, 6.45) is 5.91. The quantitative estimate of drug-likeness (QED) is 0.130. The maximum absolute atomic E-state index is 12.9. The highest BCUT2D eigenvalue weighted by atomic mass is 16.7. The highest BCUT2D eigenvalue weighted by molar-refractivity contribution is 5.83. The predicted molar refractivity (Wildman–Crippen MR) is 206 cm³/mol. The maximum Gasteiger partial charge on any atom is 0.328 e. The minimum Gasteiger partial charge on any atom is -0.467 e. The highest BCUT2D eigenvalue weighted by Gasteiger charge is 2.39. The van der Waals surface area contributed by atoms with Crippen LogP contribution in [0.5, 0.6) is 0 Å². The SMILES string of the molecule is COC(=O)[C@H](Cc1ccccc1)NC(=O)NCc1cccc(-c2cccc([C@@H]3O[C@H](CN4CCCCCCC4)[C@H](C)[C@H](c4ccc(CO)cc4)O3)c2)c1. The first-order chi connectivity index (χ1) is 25.9. The fourth-order valence-corrected chi connectivity index (χ4v) is 7.38. The van der Waals surface area contributed by atoms with Gasteiger partial charge in [0.2, 0.25) is 0 Å². The Morgan fingerprint density at radius 2 is 1.47 bits per heavy atom. The zero-order valence-electron chi connectivity index (χ0n) is 30.9. The first-order valence-corrected chi connectivity index (χ1v) is 19.0. The number of carbonyl (C=O) groups excluding carboxylic acids is 2. The summed E-state index contributed by atoms with van der Waals surface area (Å²) in [5, 5.41) is 15.3. The summed E-state index contributed by atoms with van der Waals surface area (Å²) in [5.41, 5.74) is 6.75. The number of benzene rings is 4. The number of esters is 1. The lowest BCUT2D eigenvalue weighted by Gasteiger charge is -2.43. The lowest BCUT2D eigenvalue weighted by Crippen LogP contribution is -2.47. The fraction of sp³-hybridized carbons (Fsp3) is 0.409. The second-order valence-electron chi connectivity index (χ2n) is 14.3. The van der Waals surface area contributed by atoms with Crippen molar-refractivity contribution in [1.82, 2.24) is 15.5 Å². The molecule has 0 radical (unpaired) electrons. The number of methoxy groups -OCH3 is 1. The molecule has 2 aliphatic heterocycles. The van der Waals surface area contributed by atoms with E-state index in [2.05, 4.69) is 64.9 Å². The molecule has 2 amide bonds. The topological polar surface area (TPSA) is 109 Å². The molecule has 2 aliphatic rings. The fourth-order valence-electron chi connectivity index (χ4n) is 7.38. The van der Waals surface area contributed by atoms with Crippen LogP contribution in [0.15, 0.2) is 103 Å². The van der Waals surface area contributed by atoms with Crippen molar-refractivity contribution in [3.63, 3.8) is 0 Å². The van der Waals surface area contributed by atoms with Gasteiger partial charge in [0.15, 0.2) is 6.29 Å². The lowest BCUT2D eigenvalue weighted by molar-refractivity contribution is -0.276. The van der Waals surface area contributed by atoms with Gasteiger partial charge < -0.3 is 34.9 Å². The molecule has 2 saturated heterocycles. The summed E-state index contributed by atoms with van der Waals surface area (Å²) in [4.78, 5) is 27.9. The zero-order valence-corrected chi connectivity index (χ0v) is 30.9. The molecule has 0 aliphatic carbocycles. The molecular formula is C44H53N3O6. The Morgan fingerprint density at radius 1 is 0.792 bits per heavy atom. The molecule has 9 heteroatoms. The Morgan fingerprint density at radius 3 is 2.19 bits per heavy atom. The standard InChI is InChI=1S/C44H53N3O6/c1-31-40(29-47-23-9-4-3-5-10-24-47)52-43(53-41(31)35-21-19-33(30-48)20-22-35)38-18-12-17-37(27-38)36-16-11-15-34(25-36)28-45-44(50)46-39(42(49)51-2)26-32-13-7-6-8-14-32/h6-8,11-22,25,27,31,39-41,43,48H,3-5,9-10,23-24,26,28-30H2,1-2H3,(H2,45,46,50)/t31-,39-,40+,41+,43+/m0/s1. The van der Waals surface area contributed by atoms with Crippen molar-refractivity contribution in [3.05, 3.63) is 131 Å². The van der Waals surface area contributed by atoms with Gasteiger partial charge in [0.05, 0.1) is 25.9 Å². The summed E-state index contributed by atoms with van der Waals surface area (Å²) in [5.74, 6) is -0.372. The van der Waals surface area contributed by atoms with Gasteiger partial charge in [-0.15, -0.1) is 0 Å². The molecule has 3 N–H and O–H groups in total. The minimum atomic E-state index is -0.809. The van der Waals surface area contributed by atoms with Crippen LogP contribution in [0.4, 0.5) is 4.79 Å². The monoisotopic (exact) mass is 719 g/mol. The van der Waals surface area contributed by atoms with Crippen LogP contribution in [-0.2, 0) is 38.6 Å². The molecule has 0 spiro atoms. The third-order valence-electron chi connectivity index (χ3n) is 10.5. The van der Waals surface area contributed by atoms with Gasteiger partial charge in [-0.2, -0.15) is 0 Å². The molecule has 6 rings (SSSR count). The zero-order chi connectivity index (χ0) is 37.0. The molecule has 4 aromatic rings. The average Bonchev–Trinajstić information content (AvgIpc) is 3.19. The van der Waals surface area contributed by atoms with Gasteiger partial charge in [-0.05, 0) is 71.4 Å². The van der Waals surface area contributed by atoms with E-state index in [0.29, 0.717) is 6.42 Å². The van der Waals surface area contributed by atoms with Crippen molar-refractivity contribution in [2.75, 3.05) is 26.7 Å². The van der Waals surface area contributed by atoms with Crippen LogP contribution >= 0.6 is 0 Å². The van der Waals surface area contributed by atoms with E-state index >= 15 is 0 Å². The van der Waals surface area contributed by atoms with Crippen LogP contribution in [0, 0.1) is 5.92 Å². The van der Waals surface area contributed by atoms with Gasteiger partial charge in [0, 0.05) is 31.0 Å². The smallest absolute Gasteiger partial charge is 0.328 e. The van der Waals surface area contributed by atoms with E-state index in [9.17, 15) is 14.7 Å². The van der Waals surface area contributed by atoms with Gasteiger partial charge in [0.25, 0.3) is 0 Å². The number of rotatable bonds is 12. The van der Waals surface area contributed by atoms with Crippen LogP contribution < -0.4 is 10.6 Å². The van der Waals surface area contributed by atoms with Gasteiger partial charge in [-0.1, -0.05) is 117 Å². The molecule has 0 unspecified atom stereocenters. The molecule has 0 aromatic heterocycles. The van der Waals surface area contributed by atoms with E-state index in [1.54, 1.807) is 0 Å². The number of likely N-dealkylation sites (tertiary alicyclic amines) is 1. The van der Waals surface area contributed by atoms with Crippen molar-refractivity contribution in [2.24, 2.45) is 5.92 Å². The number of carbonyl (C=O) groups is 2. The molecule has 4 aromatic carbocycles. The van der Waals surface area contributed by atoms with Gasteiger partial charge in [-0.25, -0.2) is 9.59 Å². The molecule has 53 heavy (non-hydrogen) atoms. The first kappa shape index (κ1) is 38.2. The first-order valence-electron chi connectivity index (χ1n) is 19.0. The van der Waals surface area contributed by atoms with Gasteiger partial charge >= 0.3 is 12.0 Å². The number of aliphatic hydroxyl groups excluding tert-OH is 1. The third kappa shape index (κ3) is 10.5. The Kier molecular flexibility index (Phi) is 13.7. The highest BCUT2D eigenvalue weighted by Crippen LogP contribution is 2.42. The van der Waals surface area contributed by atoms with Gasteiger partial charge in [-0.3, -0.25) is 0 Å². The third-order valence-corrected chi connectivity index (χ3v) is 10.5. The number of urea groups is 1. The van der Waals surface area contributed by atoms with E-state index in [1.807, 2.05) is 60.7 Å². The van der Waals surface area contributed by atoms with Crippen LogP contribution in [0.1, 0.15) is 79.2 Å². The molecule has 9 nitrogen and oxygen atoms in total. The van der Waals surface area contributed by atoms with Crippen molar-refractivity contribution < 1.29 is 28.9 Å². The number of hydrogen-bond acceptors (Lipinski definition) is 7. The van der Waals surface area contributed by atoms with E-state index in [-0.39, 0.29) is 31.3 Å². The van der Waals surface area contributed by atoms with Crippen molar-refractivity contribution >= 4 is 12.0 Å². The van der Waals surface area contributed by atoms with Crippen molar-refractivity contribution in [2.45, 2.75) is 83.1 Å². The largest absolute Gasteiger partial charge is 0.467 e. The summed E-state index contributed by atoms with van der Waals surface area (Å²) in [6.45, 7) is 5.56.